The number of halogens is 1. The van der Waals surface area contributed by atoms with Gasteiger partial charge in [-0.25, -0.2) is 8.42 Å². The molecular weight excluding hydrogens is 330 g/mol. The molecular formula is C12H14BrN3O2S. The van der Waals surface area contributed by atoms with E-state index in [9.17, 15) is 8.42 Å². The van der Waals surface area contributed by atoms with Crippen molar-refractivity contribution in [2.75, 3.05) is 4.72 Å². The molecule has 0 spiro atoms. The molecule has 0 bridgehead atoms. The predicted octanol–water partition coefficient (Wildman–Crippen LogP) is 2.90. The van der Waals surface area contributed by atoms with E-state index in [0.29, 0.717) is 11.4 Å². The van der Waals surface area contributed by atoms with E-state index in [0.717, 1.165) is 15.6 Å². The minimum Gasteiger partial charge on any atom is -0.281 e. The number of aromatic amines is 1. The predicted molar refractivity (Wildman–Crippen MR) is 77.7 cm³/mol. The molecule has 2 aromatic rings. The summed E-state index contributed by atoms with van der Waals surface area (Å²) in [7, 11) is -3.63. The minimum atomic E-state index is -3.63. The van der Waals surface area contributed by atoms with Gasteiger partial charge in [0.25, 0.3) is 10.0 Å². The van der Waals surface area contributed by atoms with Gasteiger partial charge >= 0.3 is 0 Å². The second-order valence-corrected chi connectivity index (χ2v) is 6.91. The topological polar surface area (TPSA) is 74.8 Å². The molecule has 0 aliphatic rings. The lowest BCUT2D eigenvalue weighted by Gasteiger charge is -2.12. The summed E-state index contributed by atoms with van der Waals surface area (Å²) < 4.78 is 27.9. The molecule has 2 N–H and O–H groups in total. The normalized spacial score (nSPS) is 11.6. The van der Waals surface area contributed by atoms with Gasteiger partial charge in [0.2, 0.25) is 0 Å². The Balaban J connectivity index is 2.45. The molecule has 1 heterocycles. The molecule has 0 aliphatic carbocycles. The summed E-state index contributed by atoms with van der Waals surface area (Å²) in [6, 6.07) is 3.79. The highest BCUT2D eigenvalue weighted by atomic mass is 79.9. The number of nitrogens with one attached hydrogen (secondary N) is 2. The Morgan fingerprint density at radius 3 is 2.47 bits per heavy atom. The summed E-state index contributed by atoms with van der Waals surface area (Å²) in [5.41, 5.74) is 2.97. The van der Waals surface area contributed by atoms with E-state index in [4.69, 9.17) is 0 Å². The number of benzene rings is 1. The lowest BCUT2D eigenvalue weighted by atomic mass is 10.1. The summed E-state index contributed by atoms with van der Waals surface area (Å²) in [6.07, 6.45) is 1.30. The number of hydrogen-bond acceptors (Lipinski definition) is 3. The molecule has 0 unspecified atom stereocenters. The number of rotatable bonds is 3. The Labute approximate surface area is 120 Å². The molecule has 0 fully saturated rings. The summed E-state index contributed by atoms with van der Waals surface area (Å²) in [5, 5.41) is 6.35. The minimum absolute atomic E-state index is 0.152. The van der Waals surface area contributed by atoms with Gasteiger partial charge in [-0.15, -0.1) is 0 Å². The van der Waals surface area contributed by atoms with Gasteiger partial charge in [0.1, 0.15) is 4.90 Å². The van der Waals surface area contributed by atoms with Gasteiger partial charge < -0.3 is 0 Å². The molecule has 0 amide bonds. The first-order valence-corrected chi connectivity index (χ1v) is 7.88. The SMILES string of the molecule is Cc1cc(C)c(NS(=O)(=O)c2cn[nH]c2C)c(Br)c1. The van der Waals surface area contributed by atoms with E-state index in [1.165, 1.54) is 6.20 Å². The summed E-state index contributed by atoms with van der Waals surface area (Å²) in [6.45, 7) is 5.48. The van der Waals surface area contributed by atoms with Crippen molar-refractivity contribution in [1.29, 1.82) is 0 Å². The van der Waals surface area contributed by atoms with Crippen LogP contribution in [0.4, 0.5) is 5.69 Å². The van der Waals surface area contributed by atoms with Crippen LogP contribution in [0.5, 0.6) is 0 Å². The van der Waals surface area contributed by atoms with Gasteiger partial charge in [0, 0.05) is 4.47 Å². The number of nitrogens with zero attached hydrogens (tertiary/aromatic N) is 1. The molecule has 0 radical (unpaired) electrons. The maximum atomic E-state index is 12.3. The quantitative estimate of drug-likeness (QED) is 0.899. The van der Waals surface area contributed by atoms with Crippen molar-refractivity contribution in [2.24, 2.45) is 0 Å². The molecule has 2 rings (SSSR count). The highest BCUT2D eigenvalue weighted by Crippen LogP contribution is 2.30. The monoisotopic (exact) mass is 343 g/mol. The first kappa shape index (κ1) is 14.1. The lowest BCUT2D eigenvalue weighted by Crippen LogP contribution is -2.14. The van der Waals surface area contributed by atoms with Crippen LogP contribution in [0.25, 0.3) is 0 Å². The average molecular weight is 344 g/mol. The second kappa shape index (κ2) is 4.97. The smallest absolute Gasteiger partial charge is 0.265 e. The highest BCUT2D eigenvalue weighted by Gasteiger charge is 2.20. The van der Waals surface area contributed by atoms with Gasteiger partial charge in [-0.1, -0.05) is 6.07 Å². The van der Waals surface area contributed by atoms with Gasteiger partial charge in [0.05, 0.1) is 17.6 Å². The Bertz CT molecular complexity index is 699. The van der Waals surface area contributed by atoms with Crippen molar-refractivity contribution in [3.8, 4) is 0 Å². The first-order chi connectivity index (χ1) is 8.81. The second-order valence-electron chi connectivity index (χ2n) is 4.40. The third kappa shape index (κ3) is 2.82. The molecule has 0 saturated heterocycles. The van der Waals surface area contributed by atoms with Crippen LogP contribution >= 0.6 is 15.9 Å². The molecule has 19 heavy (non-hydrogen) atoms. The zero-order valence-corrected chi connectivity index (χ0v) is 13.2. The third-order valence-corrected chi connectivity index (χ3v) is 4.83. The van der Waals surface area contributed by atoms with Crippen molar-refractivity contribution >= 4 is 31.6 Å². The molecule has 1 aromatic carbocycles. The molecule has 7 heteroatoms. The van der Waals surface area contributed by atoms with E-state index in [1.807, 2.05) is 26.0 Å². The largest absolute Gasteiger partial charge is 0.281 e. The third-order valence-electron chi connectivity index (χ3n) is 2.74. The van der Waals surface area contributed by atoms with Crippen LogP contribution in [-0.2, 0) is 10.0 Å². The summed E-state index contributed by atoms with van der Waals surface area (Å²) in [4.78, 5) is 0.152. The first-order valence-electron chi connectivity index (χ1n) is 5.61. The van der Waals surface area contributed by atoms with Gasteiger partial charge in [-0.2, -0.15) is 5.10 Å². The summed E-state index contributed by atoms with van der Waals surface area (Å²) in [5.74, 6) is 0. The fraction of sp³-hybridized carbons (Fsp3) is 0.250. The van der Waals surface area contributed by atoms with Gasteiger partial charge in [-0.05, 0) is 53.9 Å². The number of hydrogen-bond donors (Lipinski definition) is 2. The lowest BCUT2D eigenvalue weighted by molar-refractivity contribution is 0.600. The van der Waals surface area contributed by atoms with Crippen LogP contribution in [0.1, 0.15) is 16.8 Å². The molecule has 102 valence electrons. The Kier molecular flexibility index (Phi) is 3.69. The molecule has 1 aromatic heterocycles. The maximum absolute atomic E-state index is 12.3. The Morgan fingerprint density at radius 2 is 1.95 bits per heavy atom. The van der Waals surface area contributed by atoms with Crippen LogP contribution in [0.3, 0.4) is 0 Å². The van der Waals surface area contributed by atoms with Gasteiger partial charge in [0.15, 0.2) is 0 Å². The number of sulfonamides is 1. The van der Waals surface area contributed by atoms with Crippen LogP contribution in [0, 0.1) is 20.8 Å². The van der Waals surface area contributed by atoms with Crippen molar-refractivity contribution in [2.45, 2.75) is 25.7 Å². The Morgan fingerprint density at radius 1 is 1.26 bits per heavy atom. The van der Waals surface area contributed by atoms with E-state index in [-0.39, 0.29) is 4.90 Å². The van der Waals surface area contributed by atoms with Gasteiger partial charge in [-0.3, -0.25) is 9.82 Å². The number of aryl methyl sites for hydroxylation is 3. The van der Waals surface area contributed by atoms with Crippen LogP contribution in [0.2, 0.25) is 0 Å². The zero-order valence-electron chi connectivity index (χ0n) is 10.8. The van der Waals surface area contributed by atoms with Crippen molar-refractivity contribution in [3.05, 3.63) is 39.6 Å². The molecule has 0 aliphatic heterocycles. The fourth-order valence-corrected chi connectivity index (χ4v) is 4.04. The van der Waals surface area contributed by atoms with Crippen LogP contribution in [0.15, 0.2) is 27.7 Å². The number of aromatic nitrogens is 2. The highest BCUT2D eigenvalue weighted by molar-refractivity contribution is 9.10. The van der Waals surface area contributed by atoms with E-state index in [1.54, 1.807) is 6.92 Å². The fourth-order valence-electron chi connectivity index (χ4n) is 1.84. The van der Waals surface area contributed by atoms with Crippen LogP contribution < -0.4 is 4.72 Å². The summed E-state index contributed by atoms with van der Waals surface area (Å²) >= 11 is 3.38. The maximum Gasteiger partial charge on any atom is 0.265 e. The standard InChI is InChI=1S/C12H14BrN3O2S/c1-7-4-8(2)12(10(13)5-7)16-19(17,18)11-6-14-15-9(11)3/h4-6,16H,1-3H3,(H,14,15). The van der Waals surface area contributed by atoms with Crippen molar-refractivity contribution in [1.82, 2.24) is 10.2 Å². The molecule has 5 nitrogen and oxygen atoms in total. The van der Waals surface area contributed by atoms with E-state index >= 15 is 0 Å². The molecule has 0 atom stereocenters. The number of H-pyrrole nitrogens is 1. The van der Waals surface area contributed by atoms with E-state index in [2.05, 4.69) is 30.8 Å². The van der Waals surface area contributed by atoms with Crippen molar-refractivity contribution in [3.63, 3.8) is 0 Å². The zero-order chi connectivity index (χ0) is 14.2. The number of anilines is 1. The van der Waals surface area contributed by atoms with Crippen molar-refractivity contribution < 1.29 is 8.42 Å². The Hall–Kier alpha value is -1.34. The average Bonchev–Trinajstić information content (AvgIpc) is 2.70. The van der Waals surface area contributed by atoms with Crippen LogP contribution in [-0.4, -0.2) is 18.6 Å². The molecule has 0 saturated carbocycles. The van der Waals surface area contributed by atoms with E-state index < -0.39 is 10.0 Å².